The number of carbonyl (C=O) groups is 1. The fourth-order valence-corrected chi connectivity index (χ4v) is 3.31. The van der Waals surface area contributed by atoms with Crippen molar-refractivity contribution in [3.05, 3.63) is 30.2 Å². The first kappa shape index (κ1) is 18.1. The minimum Gasteiger partial charge on any atom is -0.481 e. The van der Waals surface area contributed by atoms with Gasteiger partial charge in [0.1, 0.15) is 0 Å². The molecule has 1 aliphatic rings. The van der Waals surface area contributed by atoms with Gasteiger partial charge in [-0.05, 0) is 0 Å². The van der Waals surface area contributed by atoms with E-state index in [0.29, 0.717) is 37.9 Å². The Balaban J connectivity index is 1.76. The Kier molecular flexibility index (Phi) is 5.67. The molecule has 26 heavy (non-hydrogen) atoms. The second kappa shape index (κ2) is 8.13. The molecule has 3 heterocycles. The highest BCUT2D eigenvalue weighted by atomic mass is 16.5. The van der Waals surface area contributed by atoms with Crippen LogP contribution in [0.15, 0.2) is 24.7 Å². The Labute approximate surface area is 152 Å². The molecule has 9 nitrogen and oxygen atoms in total. The van der Waals surface area contributed by atoms with E-state index in [-0.39, 0.29) is 17.9 Å². The standard InChI is InChI=1S/C17H24N6O3/c1-22-11-13(10-20-22)16-12(8-15(24)23(16)6-7-25-2)9-19-17-18-5-4-14(21-17)26-3/h4-5,10-12,16H,6-9H2,1-3H3,(H,18,19,21)/t12-,16+/m0/s1. The van der Waals surface area contributed by atoms with Crippen LogP contribution in [0.2, 0.25) is 0 Å². The van der Waals surface area contributed by atoms with E-state index in [2.05, 4.69) is 20.4 Å². The van der Waals surface area contributed by atoms with Crippen molar-refractivity contribution in [2.75, 3.05) is 39.2 Å². The summed E-state index contributed by atoms with van der Waals surface area (Å²) in [6.45, 7) is 1.63. The highest BCUT2D eigenvalue weighted by Crippen LogP contribution is 2.37. The first-order chi connectivity index (χ1) is 12.6. The number of aromatic nitrogens is 4. The number of nitrogens with one attached hydrogen (secondary N) is 1. The van der Waals surface area contributed by atoms with Crippen molar-refractivity contribution in [1.29, 1.82) is 0 Å². The number of amides is 1. The number of anilines is 1. The zero-order valence-corrected chi connectivity index (χ0v) is 15.3. The molecule has 140 valence electrons. The van der Waals surface area contributed by atoms with Gasteiger partial charge < -0.3 is 19.7 Å². The Morgan fingerprint density at radius 2 is 2.23 bits per heavy atom. The smallest absolute Gasteiger partial charge is 0.225 e. The van der Waals surface area contributed by atoms with E-state index in [0.717, 1.165) is 5.56 Å². The summed E-state index contributed by atoms with van der Waals surface area (Å²) in [5, 5.41) is 7.49. The summed E-state index contributed by atoms with van der Waals surface area (Å²) < 4.78 is 12.0. The maximum Gasteiger partial charge on any atom is 0.225 e. The summed E-state index contributed by atoms with van der Waals surface area (Å²) in [6, 6.07) is 1.64. The fraction of sp³-hybridized carbons (Fsp3) is 0.529. The lowest BCUT2D eigenvalue weighted by molar-refractivity contribution is -0.129. The molecule has 1 fully saturated rings. The molecule has 2 aromatic rings. The van der Waals surface area contributed by atoms with E-state index in [4.69, 9.17) is 9.47 Å². The number of hydrogen-bond acceptors (Lipinski definition) is 7. The number of likely N-dealkylation sites (tertiary alicyclic amines) is 1. The monoisotopic (exact) mass is 360 g/mol. The molecular weight excluding hydrogens is 336 g/mol. The second-order valence-electron chi connectivity index (χ2n) is 6.24. The lowest BCUT2D eigenvalue weighted by Gasteiger charge is -2.27. The van der Waals surface area contributed by atoms with Crippen LogP contribution in [-0.2, 0) is 16.6 Å². The van der Waals surface area contributed by atoms with Crippen LogP contribution >= 0.6 is 0 Å². The van der Waals surface area contributed by atoms with Crippen LogP contribution in [-0.4, -0.2) is 64.5 Å². The van der Waals surface area contributed by atoms with Gasteiger partial charge in [0.2, 0.25) is 17.7 Å². The third-order valence-electron chi connectivity index (χ3n) is 4.50. The van der Waals surface area contributed by atoms with Crippen LogP contribution in [0, 0.1) is 5.92 Å². The molecule has 0 spiro atoms. The van der Waals surface area contributed by atoms with Gasteiger partial charge in [-0.2, -0.15) is 10.1 Å². The van der Waals surface area contributed by atoms with Gasteiger partial charge in [0.05, 0.1) is 26.0 Å². The second-order valence-corrected chi connectivity index (χ2v) is 6.24. The molecule has 0 aromatic carbocycles. The number of ether oxygens (including phenoxy) is 2. The molecule has 0 unspecified atom stereocenters. The highest BCUT2D eigenvalue weighted by molar-refractivity contribution is 5.79. The molecule has 2 aromatic heterocycles. The number of hydrogen-bond donors (Lipinski definition) is 1. The van der Waals surface area contributed by atoms with Crippen molar-refractivity contribution < 1.29 is 14.3 Å². The van der Waals surface area contributed by atoms with E-state index in [9.17, 15) is 4.79 Å². The molecule has 0 bridgehead atoms. The van der Waals surface area contributed by atoms with Crippen molar-refractivity contribution in [2.45, 2.75) is 12.5 Å². The summed E-state index contributed by atoms with van der Waals surface area (Å²) in [5.41, 5.74) is 1.02. The lowest BCUT2D eigenvalue weighted by atomic mass is 9.95. The maximum atomic E-state index is 12.6. The van der Waals surface area contributed by atoms with Crippen molar-refractivity contribution >= 4 is 11.9 Å². The van der Waals surface area contributed by atoms with Gasteiger partial charge in [-0.1, -0.05) is 0 Å². The minimum atomic E-state index is -0.0514. The maximum absolute atomic E-state index is 12.6. The fourth-order valence-electron chi connectivity index (χ4n) is 3.31. The summed E-state index contributed by atoms with van der Waals surface area (Å²) in [6.07, 6.45) is 5.87. The SMILES string of the molecule is COCCN1C(=O)C[C@@H](CNc2nccc(OC)n2)[C@@H]1c1cnn(C)c1. The van der Waals surface area contributed by atoms with Gasteiger partial charge >= 0.3 is 0 Å². The zero-order chi connectivity index (χ0) is 18.5. The van der Waals surface area contributed by atoms with Crippen molar-refractivity contribution in [3.63, 3.8) is 0 Å². The molecule has 1 saturated heterocycles. The largest absolute Gasteiger partial charge is 0.481 e. The van der Waals surface area contributed by atoms with E-state index >= 15 is 0 Å². The number of methoxy groups -OCH3 is 2. The summed E-state index contributed by atoms with van der Waals surface area (Å²) in [5.74, 6) is 1.18. The van der Waals surface area contributed by atoms with Crippen molar-refractivity contribution in [1.82, 2.24) is 24.6 Å². The molecule has 0 radical (unpaired) electrons. The topological polar surface area (TPSA) is 94.4 Å². The molecule has 1 aliphatic heterocycles. The number of aryl methyl sites for hydroxylation is 1. The Morgan fingerprint density at radius 3 is 2.92 bits per heavy atom. The van der Waals surface area contributed by atoms with Gasteiger partial charge in [0, 0.05) is 63.6 Å². The van der Waals surface area contributed by atoms with Crippen molar-refractivity contribution in [3.8, 4) is 5.88 Å². The summed E-state index contributed by atoms with van der Waals surface area (Å²) >= 11 is 0. The molecule has 0 aliphatic carbocycles. The third-order valence-corrected chi connectivity index (χ3v) is 4.50. The molecule has 3 rings (SSSR count). The Morgan fingerprint density at radius 1 is 1.38 bits per heavy atom. The van der Waals surface area contributed by atoms with E-state index in [1.54, 1.807) is 31.2 Å². The molecule has 0 saturated carbocycles. The number of rotatable bonds is 8. The quantitative estimate of drug-likeness (QED) is 0.746. The van der Waals surface area contributed by atoms with E-state index < -0.39 is 0 Å². The van der Waals surface area contributed by atoms with Gasteiger partial charge in [-0.15, -0.1) is 0 Å². The van der Waals surface area contributed by atoms with Crippen LogP contribution in [0.4, 0.5) is 5.95 Å². The van der Waals surface area contributed by atoms with Gasteiger partial charge in [0.15, 0.2) is 0 Å². The highest BCUT2D eigenvalue weighted by Gasteiger charge is 2.40. The van der Waals surface area contributed by atoms with Gasteiger partial charge in [-0.3, -0.25) is 9.48 Å². The van der Waals surface area contributed by atoms with Crippen LogP contribution in [0.25, 0.3) is 0 Å². The first-order valence-corrected chi connectivity index (χ1v) is 8.50. The van der Waals surface area contributed by atoms with Crippen LogP contribution in [0.3, 0.4) is 0 Å². The molecule has 1 amide bonds. The van der Waals surface area contributed by atoms with Crippen molar-refractivity contribution in [2.24, 2.45) is 13.0 Å². The van der Waals surface area contributed by atoms with Crippen LogP contribution in [0.1, 0.15) is 18.0 Å². The Bertz CT molecular complexity index is 750. The van der Waals surface area contributed by atoms with E-state index in [1.165, 1.54) is 0 Å². The minimum absolute atomic E-state index is 0.0514. The molecule has 1 N–H and O–H groups in total. The average Bonchev–Trinajstić information content (AvgIpc) is 3.21. The lowest BCUT2D eigenvalue weighted by Crippen LogP contribution is -2.33. The van der Waals surface area contributed by atoms with Gasteiger partial charge in [0.25, 0.3) is 0 Å². The zero-order valence-electron chi connectivity index (χ0n) is 15.3. The summed E-state index contributed by atoms with van der Waals surface area (Å²) in [7, 11) is 5.07. The normalized spacial score (nSPS) is 19.8. The predicted molar refractivity (Wildman–Crippen MR) is 94.7 cm³/mol. The van der Waals surface area contributed by atoms with E-state index in [1.807, 2.05) is 24.3 Å². The number of carbonyl (C=O) groups excluding carboxylic acids is 1. The third kappa shape index (κ3) is 3.93. The van der Waals surface area contributed by atoms with Crippen LogP contribution < -0.4 is 10.1 Å². The predicted octanol–water partition coefficient (Wildman–Crippen LogP) is 0.867. The van der Waals surface area contributed by atoms with Gasteiger partial charge in [-0.25, -0.2) is 4.98 Å². The Hall–Kier alpha value is -2.68. The molecule has 2 atom stereocenters. The summed E-state index contributed by atoms with van der Waals surface area (Å²) in [4.78, 5) is 22.9. The average molecular weight is 360 g/mol. The molecule has 9 heteroatoms. The molecular formula is C17H24N6O3. The van der Waals surface area contributed by atoms with Crippen LogP contribution in [0.5, 0.6) is 5.88 Å². The number of nitrogens with zero attached hydrogens (tertiary/aromatic N) is 5. The first-order valence-electron chi connectivity index (χ1n) is 8.50.